The second-order valence-electron chi connectivity index (χ2n) is 3.09. The smallest absolute Gasteiger partial charge is 0.127 e. The minimum atomic E-state index is 0.0584. The summed E-state index contributed by atoms with van der Waals surface area (Å²) < 4.78 is 1.01. The van der Waals surface area contributed by atoms with Gasteiger partial charge in [-0.1, -0.05) is 12.8 Å². The summed E-state index contributed by atoms with van der Waals surface area (Å²) in [6.45, 7) is 4.07. The molecule has 1 N–H and O–H groups in total. The lowest BCUT2D eigenvalue weighted by molar-refractivity contribution is 0.850. The van der Waals surface area contributed by atoms with Gasteiger partial charge in [0.1, 0.15) is 5.82 Å². The molecule has 1 aromatic rings. The fourth-order valence-electron chi connectivity index (χ4n) is 1.06. The molecule has 0 spiro atoms. The Hall–Kier alpha value is -1.01. The van der Waals surface area contributed by atoms with E-state index >= 15 is 0 Å². The number of aryl methyl sites for hydroxylation is 1. The molecule has 1 rings (SSSR count). The molecule has 1 unspecified atom stereocenters. The van der Waals surface area contributed by atoms with Crippen LogP contribution in [0.3, 0.4) is 0 Å². The Labute approximate surface area is 93.3 Å². The van der Waals surface area contributed by atoms with Crippen LogP contribution in [0.25, 0.3) is 0 Å². The minimum Gasteiger partial charge on any atom is -0.356 e. The average Bonchev–Trinajstić information content (AvgIpc) is 2.19. The Morgan fingerprint density at radius 3 is 2.93 bits per heavy atom. The number of anilines is 1. The number of hydrogen-bond donors (Lipinski definition) is 1. The molecular formula is C11H13BrN2. The Bertz CT molecular complexity index is 355. The largest absolute Gasteiger partial charge is 0.356 e. The molecule has 0 radical (unpaired) electrons. The first-order valence-electron chi connectivity index (χ1n) is 4.52. The number of rotatable bonds is 3. The van der Waals surface area contributed by atoms with Gasteiger partial charge in [-0.15, -0.1) is 6.42 Å². The summed E-state index contributed by atoms with van der Waals surface area (Å²) in [5.74, 6) is 3.50. The van der Waals surface area contributed by atoms with Crippen molar-refractivity contribution in [2.45, 2.75) is 26.3 Å². The lowest BCUT2D eigenvalue weighted by atomic mass is 10.2. The van der Waals surface area contributed by atoms with Crippen LogP contribution < -0.4 is 5.32 Å². The maximum atomic E-state index is 5.35. The highest BCUT2D eigenvalue weighted by Gasteiger charge is 2.03. The van der Waals surface area contributed by atoms with Crippen molar-refractivity contribution >= 4 is 21.7 Å². The van der Waals surface area contributed by atoms with Crippen molar-refractivity contribution in [3.8, 4) is 12.3 Å². The SMILES string of the molecule is C#CC(CC)Nc1cc(C)c(Br)cn1. The Kier molecular flexibility index (Phi) is 3.97. The molecule has 2 nitrogen and oxygen atoms in total. The van der Waals surface area contributed by atoms with Gasteiger partial charge < -0.3 is 5.32 Å². The van der Waals surface area contributed by atoms with Gasteiger partial charge in [0.05, 0.1) is 6.04 Å². The van der Waals surface area contributed by atoms with Gasteiger partial charge in [0.15, 0.2) is 0 Å². The zero-order valence-corrected chi connectivity index (χ0v) is 9.93. The summed E-state index contributed by atoms with van der Waals surface area (Å²) >= 11 is 3.40. The van der Waals surface area contributed by atoms with Crippen LogP contribution in [-0.2, 0) is 0 Å². The van der Waals surface area contributed by atoms with Crippen LogP contribution >= 0.6 is 15.9 Å². The van der Waals surface area contributed by atoms with E-state index in [1.54, 1.807) is 6.20 Å². The number of hydrogen-bond acceptors (Lipinski definition) is 2. The zero-order chi connectivity index (χ0) is 10.6. The average molecular weight is 253 g/mol. The summed E-state index contributed by atoms with van der Waals surface area (Å²) in [6.07, 6.45) is 8.02. The third-order valence-corrected chi connectivity index (χ3v) is 2.81. The molecule has 0 aliphatic carbocycles. The first kappa shape index (κ1) is 11.1. The second kappa shape index (κ2) is 5.02. The molecular weight excluding hydrogens is 240 g/mol. The van der Waals surface area contributed by atoms with Crippen molar-refractivity contribution in [2.24, 2.45) is 0 Å². The molecule has 3 heteroatoms. The lowest BCUT2D eigenvalue weighted by Crippen LogP contribution is -2.16. The van der Waals surface area contributed by atoms with Gasteiger partial charge in [0.25, 0.3) is 0 Å². The van der Waals surface area contributed by atoms with Crippen molar-refractivity contribution in [3.05, 3.63) is 22.3 Å². The van der Waals surface area contributed by atoms with Crippen molar-refractivity contribution in [1.29, 1.82) is 0 Å². The summed E-state index contributed by atoms with van der Waals surface area (Å²) in [5, 5.41) is 3.18. The van der Waals surface area contributed by atoms with E-state index in [-0.39, 0.29) is 6.04 Å². The molecule has 1 heterocycles. The van der Waals surface area contributed by atoms with Crippen LogP contribution in [-0.4, -0.2) is 11.0 Å². The topological polar surface area (TPSA) is 24.9 Å². The number of aromatic nitrogens is 1. The molecule has 0 saturated carbocycles. The lowest BCUT2D eigenvalue weighted by Gasteiger charge is -2.11. The van der Waals surface area contributed by atoms with Crippen molar-refractivity contribution in [1.82, 2.24) is 4.98 Å². The quantitative estimate of drug-likeness (QED) is 0.837. The molecule has 0 aromatic carbocycles. The van der Waals surface area contributed by atoms with Crippen LogP contribution in [0, 0.1) is 19.3 Å². The summed E-state index contributed by atoms with van der Waals surface area (Å²) in [6, 6.07) is 2.03. The molecule has 0 bridgehead atoms. The summed E-state index contributed by atoms with van der Waals surface area (Å²) in [5.41, 5.74) is 1.15. The molecule has 1 aromatic heterocycles. The van der Waals surface area contributed by atoms with Crippen molar-refractivity contribution < 1.29 is 0 Å². The molecule has 0 saturated heterocycles. The standard InChI is InChI=1S/C11H13BrN2/c1-4-9(5-2)14-11-6-8(3)10(12)7-13-11/h1,6-7,9H,5H2,2-3H3,(H,13,14). The van der Waals surface area contributed by atoms with E-state index in [2.05, 4.69) is 32.2 Å². The second-order valence-corrected chi connectivity index (χ2v) is 3.94. The molecule has 14 heavy (non-hydrogen) atoms. The molecule has 74 valence electrons. The number of pyridine rings is 1. The Morgan fingerprint density at radius 1 is 1.71 bits per heavy atom. The first-order chi connectivity index (χ1) is 6.67. The minimum absolute atomic E-state index is 0.0584. The van der Waals surface area contributed by atoms with Crippen molar-refractivity contribution in [2.75, 3.05) is 5.32 Å². The number of terminal acetylenes is 1. The third-order valence-electron chi connectivity index (χ3n) is 1.98. The maximum Gasteiger partial charge on any atom is 0.127 e. The van der Waals surface area contributed by atoms with E-state index in [0.717, 1.165) is 22.3 Å². The van der Waals surface area contributed by atoms with Crippen LogP contribution in [0.4, 0.5) is 5.82 Å². The van der Waals surface area contributed by atoms with Gasteiger partial charge in [-0.25, -0.2) is 4.98 Å². The molecule has 0 fully saturated rings. The van der Waals surface area contributed by atoms with E-state index < -0.39 is 0 Å². The Balaban J connectivity index is 2.78. The normalized spacial score (nSPS) is 11.9. The number of halogens is 1. The van der Waals surface area contributed by atoms with Crippen LogP contribution in [0.2, 0.25) is 0 Å². The van der Waals surface area contributed by atoms with Gasteiger partial charge in [0.2, 0.25) is 0 Å². The van der Waals surface area contributed by atoms with Gasteiger partial charge in [-0.05, 0) is 40.9 Å². The monoisotopic (exact) mass is 252 g/mol. The van der Waals surface area contributed by atoms with Gasteiger partial charge in [0, 0.05) is 10.7 Å². The fourth-order valence-corrected chi connectivity index (χ4v) is 1.28. The van der Waals surface area contributed by atoms with Crippen molar-refractivity contribution in [3.63, 3.8) is 0 Å². The van der Waals surface area contributed by atoms with E-state index in [1.165, 1.54) is 0 Å². The van der Waals surface area contributed by atoms with E-state index in [1.807, 2.05) is 19.9 Å². The molecule has 1 atom stereocenters. The zero-order valence-electron chi connectivity index (χ0n) is 8.34. The maximum absolute atomic E-state index is 5.35. The van der Waals surface area contributed by atoms with E-state index in [4.69, 9.17) is 6.42 Å². The number of nitrogens with one attached hydrogen (secondary N) is 1. The Morgan fingerprint density at radius 2 is 2.43 bits per heavy atom. The van der Waals surface area contributed by atoms with Crippen LogP contribution in [0.5, 0.6) is 0 Å². The highest BCUT2D eigenvalue weighted by Crippen LogP contribution is 2.17. The number of nitrogens with zero attached hydrogens (tertiary/aromatic N) is 1. The summed E-state index contributed by atoms with van der Waals surface area (Å²) in [4.78, 5) is 4.22. The fraction of sp³-hybridized carbons (Fsp3) is 0.364. The first-order valence-corrected chi connectivity index (χ1v) is 5.31. The van der Waals surface area contributed by atoms with Gasteiger partial charge in [-0.2, -0.15) is 0 Å². The molecule has 0 amide bonds. The predicted octanol–water partition coefficient (Wildman–Crippen LogP) is 2.98. The highest BCUT2D eigenvalue weighted by atomic mass is 79.9. The summed E-state index contributed by atoms with van der Waals surface area (Å²) in [7, 11) is 0. The molecule has 0 aliphatic rings. The third kappa shape index (κ3) is 2.74. The van der Waals surface area contributed by atoms with E-state index in [0.29, 0.717) is 0 Å². The highest BCUT2D eigenvalue weighted by molar-refractivity contribution is 9.10. The van der Waals surface area contributed by atoms with Crippen LogP contribution in [0.1, 0.15) is 18.9 Å². The van der Waals surface area contributed by atoms with Gasteiger partial charge in [-0.3, -0.25) is 0 Å². The molecule has 0 aliphatic heterocycles. The predicted molar refractivity (Wildman–Crippen MR) is 63.2 cm³/mol. The van der Waals surface area contributed by atoms with Gasteiger partial charge >= 0.3 is 0 Å². The van der Waals surface area contributed by atoms with Crippen LogP contribution in [0.15, 0.2) is 16.7 Å². The van der Waals surface area contributed by atoms with E-state index in [9.17, 15) is 0 Å².